The average molecular weight is 191 g/mol. The van der Waals surface area contributed by atoms with Gasteiger partial charge in [0.05, 0.1) is 0 Å². The lowest BCUT2D eigenvalue weighted by Gasteiger charge is -2.16. The van der Waals surface area contributed by atoms with Crippen molar-refractivity contribution in [3.05, 3.63) is 23.9 Å². The van der Waals surface area contributed by atoms with E-state index >= 15 is 0 Å². The van der Waals surface area contributed by atoms with E-state index in [1.54, 1.807) is 0 Å². The largest absolute Gasteiger partial charge is 0.356 e. The molecule has 0 saturated carbocycles. The third-order valence-corrected chi connectivity index (χ3v) is 2.79. The first-order valence-corrected chi connectivity index (χ1v) is 5.19. The van der Waals surface area contributed by atoms with Gasteiger partial charge in [-0.2, -0.15) is 0 Å². The van der Waals surface area contributed by atoms with E-state index in [9.17, 15) is 0 Å². The Morgan fingerprint density at radius 2 is 2.43 bits per heavy atom. The van der Waals surface area contributed by atoms with E-state index in [0.29, 0.717) is 6.54 Å². The topological polar surface area (TPSA) is 42.1 Å². The molecule has 76 valence electrons. The standard InChI is InChI=1S/C11H17N3/c1-9-4-5-14(8-9)11-3-2-10(6-12)7-13-11/h2-3,7,9H,4-6,8,12H2,1H3/t9-/m0/s1. The SMILES string of the molecule is C[C@H]1CCN(c2ccc(CN)cn2)C1. The smallest absolute Gasteiger partial charge is 0.128 e. The molecule has 1 aromatic rings. The second kappa shape index (κ2) is 3.96. The molecule has 0 radical (unpaired) electrons. The third kappa shape index (κ3) is 1.87. The third-order valence-electron chi connectivity index (χ3n) is 2.79. The summed E-state index contributed by atoms with van der Waals surface area (Å²) in [6, 6.07) is 4.13. The molecule has 0 aliphatic carbocycles. The highest BCUT2D eigenvalue weighted by atomic mass is 15.2. The molecular weight excluding hydrogens is 174 g/mol. The monoisotopic (exact) mass is 191 g/mol. The molecule has 3 nitrogen and oxygen atoms in total. The van der Waals surface area contributed by atoms with Gasteiger partial charge >= 0.3 is 0 Å². The van der Waals surface area contributed by atoms with Crippen LogP contribution < -0.4 is 10.6 Å². The maximum absolute atomic E-state index is 5.52. The van der Waals surface area contributed by atoms with E-state index in [1.807, 2.05) is 6.20 Å². The van der Waals surface area contributed by atoms with Crippen LogP contribution in [0.4, 0.5) is 5.82 Å². The van der Waals surface area contributed by atoms with E-state index in [-0.39, 0.29) is 0 Å². The van der Waals surface area contributed by atoms with Crippen LogP contribution in [0.25, 0.3) is 0 Å². The van der Waals surface area contributed by atoms with E-state index in [0.717, 1.165) is 30.4 Å². The molecule has 0 spiro atoms. The summed E-state index contributed by atoms with van der Waals surface area (Å²) in [6.07, 6.45) is 3.15. The van der Waals surface area contributed by atoms with Crippen molar-refractivity contribution in [3.63, 3.8) is 0 Å². The van der Waals surface area contributed by atoms with Crippen LogP contribution in [0.1, 0.15) is 18.9 Å². The van der Waals surface area contributed by atoms with Gasteiger partial charge in [-0.05, 0) is 24.0 Å². The number of hydrogen-bond acceptors (Lipinski definition) is 3. The molecule has 1 aliphatic rings. The quantitative estimate of drug-likeness (QED) is 0.768. The minimum atomic E-state index is 0.573. The van der Waals surface area contributed by atoms with Crippen molar-refractivity contribution in [2.24, 2.45) is 11.7 Å². The van der Waals surface area contributed by atoms with Crippen LogP contribution in [0.2, 0.25) is 0 Å². The highest BCUT2D eigenvalue weighted by Gasteiger charge is 2.19. The molecule has 2 rings (SSSR count). The Balaban J connectivity index is 2.09. The van der Waals surface area contributed by atoms with Crippen LogP contribution >= 0.6 is 0 Å². The number of rotatable bonds is 2. The first-order valence-electron chi connectivity index (χ1n) is 5.19. The number of nitrogens with two attached hydrogens (primary N) is 1. The predicted octanol–water partition coefficient (Wildman–Crippen LogP) is 1.39. The molecule has 0 bridgehead atoms. The second-order valence-electron chi connectivity index (χ2n) is 4.07. The zero-order valence-corrected chi connectivity index (χ0v) is 8.61. The summed E-state index contributed by atoms with van der Waals surface area (Å²) in [7, 11) is 0. The van der Waals surface area contributed by atoms with Gasteiger partial charge < -0.3 is 10.6 Å². The number of anilines is 1. The summed E-state index contributed by atoms with van der Waals surface area (Å²) in [4.78, 5) is 6.75. The molecule has 2 heterocycles. The molecule has 1 aromatic heterocycles. The summed E-state index contributed by atoms with van der Waals surface area (Å²) in [5.74, 6) is 1.89. The van der Waals surface area contributed by atoms with Gasteiger partial charge in [0.15, 0.2) is 0 Å². The Labute approximate surface area is 84.9 Å². The molecule has 2 N–H and O–H groups in total. The first kappa shape index (κ1) is 9.46. The fourth-order valence-electron chi connectivity index (χ4n) is 1.87. The minimum absolute atomic E-state index is 0.573. The number of hydrogen-bond donors (Lipinski definition) is 1. The predicted molar refractivity (Wildman–Crippen MR) is 58.1 cm³/mol. The van der Waals surface area contributed by atoms with E-state index in [2.05, 4.69) is 28.9 Å². The van der Waals surface area contributed by atoms with Gasteiger partial charge in [0.1, 0.15) is 5.82 Å². The molecule has 0 unspecified atom stereocenters. The molecule has 0 amide bonds. The summed E-state index contributed by atoms with van der Waals surface area (Å²) < 4.78 is 0. The van der Waals surface area contributed by atoms with Gasteiger partial charge in [-0.1, -0.05) is 13.0 Å². The van der Waals surface area contributed by atoms with Crippen LogP contribution in [0.15, 0.2) is 18.3 Å². The van der Waals surface area contributed by atoms with E-state index in [4.69, 9.17) is 5.73 Å². The van der Waals surface area contributed by atoms with Gasteiger partial charge in [-0.15, -0.1) is 0 Å². The lowest BCUT2D eigenvalue weighted by Crippen LogP contribution is -2.20. The lowest BCUT2D eigenvalue weighted by molar-refractivity contribution is 0.659. The molecule has 1 atom stereocenters. The van der Waals surface area contributed by atoms with Crippen molar-refractivity contribution < 1.29 is 0 Å². The van der Waals surface area contributed by atoms with Crippen molar-refractivity contribution in [1.29, 1.82) is 0 Å². The van der Waals surface area contributed by atoms with Gasteiger partial charge in [-0.3, -0.25) is 0 Å². The normalized spacial score (nSPS) is 21.6. The first-order chi connectivity index (χ1) is 6.79. The van der Waals surface area contributed by atoms with E-state index in [1.165, 1.54) is 6.42 Å². The van der Waals surface area contributed by atoms with Crippen molar-refractivity contribution >= 4 is 5.82 Å². The maximum Gasteiger partial charge on any atom is 0.128 e. The van der Waals surface area contributed by atoms with E-state index < -0.39 is 0 Å². The lowest BCUT2D eigenvalue weighted by atomic mass is 10.2. The number of pyridine rings is 1. The summed E-state index contributed by atoms with van der Waals surface area (Å²) in [5.41, 5.74) is 6.62. The number of nitrogens with zero attached hydrogens (tertiary/aromatic N) is 2. The summed E-state index contributed by atoms with van der Waals surface area (Å²) >= 11 is 0. The van der Waals surface area contributed by atoms with Crippen LogP contribution in [0.5, 0.6) is 0 Å². The van der Waals surface area contributed by atoms with Gasteiger partial charge in [0.2, 0.25) is 0 Å². The molecule has 1 saturated heterocycles. The van der Waals surface area contributed by atoms with Crippen molar-refractivity contribution in [2.75, 3.05) is 18.0 Å². The van der Waals surface area contributed by atoms with Crippen LogP contribution in [0.3, 0.4) is 0 Å². The Bertz CT molecular complexity index is 294. The highest BCUT2D eigenvalue weighted by Crippen LogP contribution is 2.21. The Hall–Kier alpha value is -1.09. The molecule has 1 fully saturated rings. The van der Waals surface area contributed by atoms with Gasteiger partial charge in [0.25, 0.3) is 0 Å². The molecule has 0 aromatic carbocycles. The molecular formula is C11H17N3. The van der Waals surface area contributed by atoms with Crippen molar-refractivity contribution in [3.8, 4) is 0 Å². The summed E-state index contributed by atoms with van der Waals surface area (Å²) in [6.45, 7) is 5.13. The van der Waals surface area contributed by atoms with Crippen LogP contribution in [0, 0.1) is 5.92 Å². The van der Waals surface area contributed by atoms with Crippen molar-refractivity contribution in [2.45, 2.75) is 19.9 Å². The summed E-state index contributed by atoms with van der Waals surface area (Å²) in [5, 5.41) is 0. The minimum Gasteiger partial charge on any atom is -0.356 e. The highest BCUT2D eigenvalue weighted by molar-refractivity contribution is 5.40. The Morgan fingerprint density at radius 3 is 2.93 bits per heavy atom. The molecule has 1 aliphatic heterocycles. The second-order valence-corrected chi connectivity index (χ2v) is 4.07. The Kier molecular flexibility index (Phi) is 2.68. The fourth-order valence-corrected chi connectivity index (χ4v) is 1.87. The van der Waals surface area contributed by atoms with Gasteiger partial charge in [0, 0.05) is 25.8 Å². The number of aromatic nitrogens is 1. The van der Waals surface area contributed by atoms with Crippen LogP contribution in [-0.2, 0) is 6.54 Å². The maximum atomic E-state index is 5.52. The Morgan fingerprint density at radius 1 is 1.57 bits per heavy atom. The zero-order chi connectivity index (χ0) is 9.97. The average Bonchev–Trinajstić information content (AvgIpc) is 2.65. The van der Waals surface area contributed by atoms with Crippen molar-refractivity contribution in [1.82, 2.24) is 4.98 Å². The zero-order valence-electron chi connectivity index (χ0n) is 8.61. The van der Waals surface area contributed by atoms with Crippen LogP contribution in [-0.4, -0.2) is 18.1 Å². The molecule has 14 heavy (non-hydrogen) atoms. The molecule has 3 heteroatoms. The van der Waals surface area contributed by atoms with Gasteiger partial charge in [-0.25, -0.2) is 4.98 Å². The fraction of sp³-hybridized carbons (Fsp3) is 0.545.